The van der Waals surface area contributed by atoms with Gasteiger partial charge in [0.25, 0.3) is 0 Å². The molecule has 4 heteroatoms. The van der Waals surface area contributed by atoms with Crippen molar-refractivity contribution >= 4 is 0 Å². The van der Waals surface area contributed by atoms with Crippen LogP contribution in [0.2, 0.25) is 0 Å². The van der Waals surface area contributed by atoms with Crippen molar-refractivity contribution in [3.8, 4) is 6.01 Å². The third kappa shape index (κ3) is 4.61. The van der Waals surface area contributed by atoms with Crippen LogP contribution in [0.4, 0.5) is 0 Å². The largest absolute Gasteiger partial charge is 0.463 e. The summed E-state index contributed by atoms with van der Waals surface area (Å²) in [5.41, 5.74) is 2.00. The maximum Gasteiger partial charge on any atom is 0.316 e. The van der Waals surface area contributed by atoms with Gasteiger partial charge in [-0.2, -0.15) is 4.98 Å². The Labute approximate surface area is 109 Å². The van der Waals surface area contributed by atoms with Gasteiger partial charge in [0.05, 0.1) is 12.3 Å². The standard InChI is InChI=1S/C14H23N3O/c1-3-4-5-8-18-14-16-11(2)9-13(17-14)10-15-12-6-7-12/h9,12,15H,3-8,10H2,1-2H3. The third-order valence-corrected chi connectivity index (χ3v) is 3.02. The summed E-state index contributed by atoms with van der Waals surface area (Å²) in [6.07, 6.45) is 6.06. The molecular formula is C14H23N3O. The number of unbranched alkanes of at least 4 members (excludes halogenated alkanes) is 2. The molecule has 1 aliphatic carbocycles. The molecule has 1 aliphatic rings. The summed E-state index contributed by atoms with van der Waals surface area (Å²) < 4.78 is 5.60. The molecule has 0 aliphatic heterocycles. The van der Waals surface area contributed by atoms with Gasteiger partial charge < -0.3 is 10.1 Å². The van der Waals surface area contributed by atoms with Gasteiger partial charge in [0, 0.05) is 18.3 Å². The number of nitrogens with one attached hydrogen (secondary N) is 1. The van der Waals surface area contributed by atoms with E-state index in [1.165, 1.54) is 25.7 Å². The molecule has 0 radical (unpaired) electrons. The molecule has 2 rings (SSSR count). The second-order valence-corrected chi connectivity index (χ2v) is 4.99. The Hall–Kier alpha value is -1.16. The van der Waals surface area contributed by atoms with Crippen molar-refractivity contribution in [1.29, 1.82) is 0 Å². The summed E-state index contributed by atoms with van der Waals surface area (Å²) in [4.78, 5) is 8.75. The Bertz CT molecular complexity index is 377. The molecule has 18 heavy (non-hydrogen) atoms. The highest BCUT2D eigenvalue weighted by molar-refractivity contribution is 5.13. The van der Waals surface area contributed by atoms with Crippen LogP contribution >= 0.6 is 0 Å². The monoisotopic (exact) mass is 249 g/mol. The Morgan fingerprint density at radius 2 is 2.17 bits per heavy atom. The fourth-order valence-corrected chi connectivity index (χ4v) is 1.81. The van der Waals surface area contributed by atoms with Crippen molar-refractivity contribution in [2.45, 2.75) is 58.5 Å². The van der Waals surface area contributed by atoms with Gasteiger partial charge in [-0.15, -0.1) is 0 Å². The van der Waals surface area contributed by atoms with Gasteiger partial charge in [-0.1, -0.05) is 19.8 Å². The average Bonchev–Trinajstić information content (AvgIpc) is 3.16. The predicted octanol–water partition coefficient (Wildman–Crippen LogP) is 2.61. The summed E-state index contributed by atoms with van der Waals surface area (Å²) in [6, 6.07) is 3.25. The predicted molar refractivity (Wildman–Crippen MR) is 71.7 cm³/mol. The number of hydrogen-bond acceptors (Lipinski definition) is 4. The van der Waals surface area contributed by atoms with E-state index < -0.39 is 0 Å². The molecule has 1 N–H and O–H groups in total. The maximum atomic E-state index is 5.60. The van der Waals surface area contributed by atoms with E-state index in [2.05, 4.69) is 22.2 Å². The quantitative estimate of drug-likeness (QED) is 0.719. The smallest absolute Gasteiger partial charge is 0.316 e. The summed E-state index contributed by atoms with van der Waals surface area (Å²) in [5, 5.41) is 3.46. The zero-order valence-electron chi connectivity index (χ0n) is 11.4. The van der Waals surface area contributed by atoms with Crippen molar-refractivity contribution in [2.75, 3.05) is 6.61 Å². The second-order valence-electron chi connectivity index (χ2n) is 4.99. The van der Waals surface area contributed by atoms with Crippen molar-refractivity contribution in [2.24, 2.45) is 0 Å². The lowest BCUT2D eigenvalue weighted by atomic mass is 10.3. The Balaban J connectivity index is 1.84. The zero-order chi connectivity index (χ0) is 12.8. The molecule has 0 amide bonds. The fraction of sp³-hybridized carbons (Fsp3) is 0.714. The highest BCUT2D eigenvalue weighted by Gasteiger charge is 2.20. The number of ether oxygens (including phenoxy) is 1. The van der Waals surface area contributed by atoms with E-state index in [0.717, 1.165) is 24.4 Å². The second kappa shape index (κ2) is 6.69. The molecule has 0 bridgehead atoms. The van der Waals surface area contributed by atoms with Crippen molar-refractivity contribution < 1.29 is 4.74 Å². The highest BCUT2D eigenvalue weighted by Crippen LogP contribution is 2.19. The molecule has 1 heterocycles. The zero-order valence-corrected chi connectivity index (χ0v) is 11.4. The topological polar surface area (TPSA) is 47.0 Å². The van der Waals surface area contributed by atoms with Crippen molar-refractivity contribution in [3.05, 3.63) is 17.5 Å². The lowest BCUT2D eigenvalue weighted by Crippen LogP contribution is -2.17. The first-order valence-electron chi connectivity index (χ1n) is 6.98. The van der Waals surface area contributed by atoms with Gasteiger partial charge in [-0.3, -0.25) is 0 Å². The highest BCUT2D eigenvalue weighted by atomic mass is 16.5. The van der Waals surface area contributed by atoms with E-state index in [-0.39, 0.29) is 0 Å². The first-order chi connectivity index (χ1) is 8.78. The third-order valence-electron chi connectivity index (χ3n) is 3.02. The molecular weight excluding hydrogens is 226 g/mol. The molecule has 1 saturated carbocycles. The van der Waals surface area contributed by atoms with Crippen LogP contribution in [0.5, 0.6) is 6.01 Å². The van der Waals surface area contributed by atoms with Crippen molar-refractivity contribution in [1.82, 2.24) is 15.3 Å². The van der Waals surface area contributed by atoms with E-state index in [0.29, 0.717) is 18.7 Å². The van der Waals surface area contributed by atoms with Crippen LogP contribution in [0.1, 0.15) is 50.4 Å². The molecule has 1 fully saturated rings. The lowest BCUT2D eigenvalue weighted by molar-refractivity contribution is 0.281. The summed E-state index contributed by atoms with van der Waals surface area (Å²) in [7, 11) is 0. The molecule has 0 saturated heterocycles. The molecule has 0 unspecified atom stereocenters. The van der Waals surface area contributed by atoms with E-state index in [4.69, 9.17) is 4.74 Å². The van der Waals surface area contributed by atoms with E-state index in [9.17, 15) is 0 Å². The average molecular weight is 249 g/mol. The van der Waals surface area contributed by atoms with Gasteiger partial charge in [0.2, 0.25) is 0 Å². The van der Waals surface area contributed by atoms with E-state index >= 15 is 0 Å². The fourth-order valence-electron chi connectivity index (χ4n) is 1.81. The molecule has 0 aromatic carbocycles. The lowest BCUT2D eigenvalue weighted by Gasteiger charge is -2.08. The molecule has 0 spiro atoms. The molecule has 100 valence electrons. The number of aromatic nitrogens is 2. The molecule has 1 aromatic heterocycles. The Kier molecular flexibility index (Phi) is 4.93. The first-order valence-corrected chi connectivity index (χ1v) is 6.98. The SMILES string of the molecule is CCCCCOc1nc(C)cc(CNC2CC2)n1. The van der Waals surface area contributed by atoms with E-state index in [1.807, 2.05) is 13.0 Å². The Morgan fingerprint density at radius 3 is 2.89 bits per heavy atom. The summed E-state index contributed by atoms with van der Waals surface area (Å²) in [5.74, 6) is 0. The van der Waals surface area contributed by atoms with Gasteiger partial charge in [-0.25, -0.2) is 4.98 Å². The van der Waals surface area contributed by atoms with Crippen LogP contribution in [0, 0.1) is 6.92 Å². The first kappa shape index (κ1) is 13.3. The van der Waals surface area contributed by atoms with Gasteiger partial charge in [0.1, 0.15) is 0 Å². The minimum atomic E-state index is 0.527. The maximum absolute atomic E-state index is 5.60. The van der Waals surface area contributed by atoms with Crippen molar-refractivity contribution in [3.63, 3.8) is 0 Å². The minimum absolute atomic E-state index is 0.527. The molecule has 1 aromatic rings. The number of nitrogens with zero attached hydrogens (tertiary/aromatic N) is 2. The summed E-state index contributed by atoms with van der Waals surface area (Å²) >= 11 is 0. The number of hydrogen-bond donors (Lipinski definition) is 1. The van der Waals surface area contributed by atoms with Gasteiger partial charge >= 0.3 is 6.01 Å². The summed E-state index contributed by atoms with van der Waals surface area (Å²) in [6.45, 7) is 5.71. The van der Waals surface area contributed by atoms with Crippen LogP contribution < -0.4 is 10.1 Å². The van der Waals surface area contributed by atoms with Gasteiger partial charge in [-0.05, 0) is 32.3 Å². The van der Waals surface area contributed by atoms with Crippen LogP contribution in [0.25, 0.3) is 0 Å². The number of aryl methyl sites for hydroxylation is 1. The van der Waals surface area contributed by atoms with Crippen LogP contribution in [0.15, 0.2) is 6.07 Å². The Morgan fingerprint density at radius 1 is 1.33 bits per heavy atom. The van der Waals surface area contributed by atoms with Gasteiger partial charge in [0.15, 0.2) is 0 Å². The molecule has 0 atom stereocenters. The molecule has 4 nitrogen and oxygen atoms in total. The van der Waals surface area contributed by atoms with E-state index in [1.54, 1.807) is 0 Å². The number of rotatable bonds is 8. The van der Waals surface area contributed by atoms with Crippen LogP contribution in [-0.4, -0.2) is 22.6 Å². The normalized spacial score (nSPS) is 14.8. The minimum Gasteiger partial charge on any atom is -0.463 e. The van der Waals surface area contributed by atoms with Crippen LogP contribution in [-0.2, 0) is 6.54 Å². The van der Waals surface area contributed by atoms with Crippen LogP contribution in [0.3, 0.4) is 0 Å².